The second-order valence-corrected chi connectivity index (χ2v) is 6.71. The second kappa shape index (κ2) is 6.08. The normalized spacial score (nSPS) is 24.0. The summed E-state index contributed by atoms with van der Waals surface area (Å²) >= 11 is 12.3. The highest BCUT2D eigenvalue weighted by Crippen LogP contribution is 2.41. The molecular weight excluding hydrogens is 351 g/mol. The average molecular weight is 367 g/mol. The standard InChI is InChI=1S/C17H16Cl2N2O3/c1-2-13-8-22-17(24-13,9-21-4-3-20-10-21)15-6-11-5-12(18)7-14(19)16(11)23-15/h3-7,10,13H,2,8-9H2,1H3/t13-,17+/m0/s1. The van der Waals surface area contributed by atoms with Gasteiger partial charge in [-0.2, -0.15) is 0 Å². The Kier molecular flexibility index (Phi) is 4.04. The molecule has 0 unspecified atom stereocenters. The maximum atomic E-state index is 6.25. The van der Waals surface area contributed by atoms with Gasteiger partial charge in [0, 0.05) is 22.8 Å². The third kappa shape index (κ3) is 2.71. The van der Waals surface area contributed by atoms with E-state index in [1.165, 1.54) is 0 Å². The van der Waals surface area contributed by atoms with Crippen LogP contribution in [0.2, 0.25) is 10.0 Å². The summed E-state index contributed by atoms with van der Waals surface area (Å²) in [6, 6.07) is 5.35. The summed E-state index contributed by atoms with van der Waals surface area (Å²) in [6.45, 7) is 3.02. The summed E-state index contributed by atoms with van der Waals surface area (Å²) in [5.41, 5.74) is 0.577. The predicted molar refractivity (Wildman–Crippen MR) is 91.3 cm³/mol. The molecule has 0 N–H and O–H groups in total. The third-order valence-electron chi connectivity index (χ3n) is 4.18. The van der Waals surface area contributed by atoms with E-state index in [-0.39, 0.29) is 6.10 Å². The third-order valence-corrected chi connectivity index (χ3v) is 4.67. The smallest absolute Gasteiger partial charge is 0.247 e. The maximum Gasteiger partial charge on any atom is 0.247 e. The first kappa shape index (κ1) is 16.0. The van der Waals surface area contributed by atoms with Crippen LogP contribution in [0.3, 0.4) is 0 Å². The van der Waals surface area contributed by atoms with Gasteiger partial charge in [-0.25, -0.2) is 4.98 Å². The number of fused-ring (bicyclic) bond motifs is 1. The molecule has 1 aromatic carbocycles. The van der Waals surface area contributed by atoms with Gasteiger partial charge in [-0.1, -0.05) is 30.1 Å². The fraction of sp³-hybridized carbons (Fsp3) is 0.353. The highest BCUT2D eigenvalue weighted by molar-refractivity contribution is 6.38. The van der Waals surface area contributed by atoms with Gasteiger partial charge in [0.05, 0.1) is 30.6 Å². The molecule has 2 atom stereocenters. The first-order valence-corrected chi connectivity index (χ1v) is 8.52. The van der Waals surface area contributed by atoms with Crippen LogP contribution in [-0.4, -0.2) is 22.3 Å². The van der Waals surface area contributed by atoms with Gasteiger partial charge in [0.15, 0.2) is 11.3 Å². The Labute approximate surface area is 149 Å². The van der Waals surface area contributed by atoms with Gasteiger partial charge in [0.1, 0.15) is 0 Å². The number of nitrogens with zero attached hydrogens (tertiary/aromatic N) is 2. The van der Waals surface area contributed by atoms with E-state index in [0.717, 1.165) is 11.8 Å². The molecule has 0 amide bonds. The summed E-state index contributed by atoms with van der Waals surface area (Å²) in [5, 5.41) is 1.84. The van der Waals surface area contributed by atoms with Crippen molar-refractivity contribution in [3.8, 4) is 0 Å². The molecule has 126 valence electrons. The van der Waals surface area contributed by atoms with Gasteiger partial charge in [-0.3, -0.25) is 0 Å². The minimum Gasteiger partial charge on any atom is -0.454 e. The number of halogens is 2. The minimum atomic E-state index is -1.00. The molecule has 0 bridgehead atoms. The van der Waals surface area contributed by atoms with Crippen molar-refractivity contribution in [1.82, 2.24) is 9.55 Å². The second-order valence-electron chi connectivity index (χ2n) is 5.86. The van der Waals surface area contributed by atoms with Crippen LogP contribution in [-0.2, 0) is 21.8 Å². The van der Waals surface area contributed by atoms with Crippen LogP contribution in [0.5, 0.6) is 0 Å². The van der Waals surface area contributed by atoms with Crippen LogP contribution in [0.4, 0.5) is 0 Å². The van der Waals surface area contributed by atoms with Gasteiger partial charge in [-0.15, -0.1) is 0 Å². The fourth-order valence-electron chi connectivity index (χ4n) is 2.94. The Morgan fingerprint density at radius 2 is 2.21 bits per heavy atom. The van der Waals surface area contributed by atoms with E-state index in [2.05, 4.69) is 11.9 Å². The maximum absolute atomic E-state index is 6.25. The quantitative estimate of drug-likeness (QED) is 0.676. The molecule has 7 heteroatoms. The van der Waals surface area contributed by atoms with Crippen molar-refractivity contribution in [2.75, 3.05) is 6.61 Å². The number of furan rings is 1. The Hall–Kier alpha value is -1.53. The van der Waals surface area contributed by atoms with Crippen LogP contribution in [0.15, 0.2) is 41.3 Å². The molecule has 2 aromatic heterocycles. The molecule has 1 saturated heterocycles. The zero-order valence-corrected chi connectivity index (χ0v) is 14.5. The zero-order valence-electron chi connectivity index (χ0n) is 13.0. The summed E-state index contributed by atoms with van der Waals surface area (Å²) < 4.78 is 20.2. The molecule has 3 heterocycles. The van der Waals surface area contributed by atoms with E-state index in [1.807, 2.05) is 22.9 Å². The topological polar surface area (TPSA) is 49.4 Å². The summed E-state index contributed by atoms with van der Waals surface area (Å²) in [7, 11) is 0. The Balaban J connectivity index is 1.80. The molecule has 24 heavy (non-hydrogen) atoms. The SMILES string of the molecule is CC[C@H]1CO[C@@](Cn2ccnc2)(c2cc3cc(Cl)cc(Cl)c3o2)O1. The fourth-order valence-corrected chi connectivity index (χ4v) is 3.49. The van der Waals surface area contributed by atoms with E-state index < -0.39 is 5.79 Å². The molecule has 3 aromatic rings. The van der Waals surface area contributed by atoms with Gasteiger partial charge >= 0.3 is 0 Å². The molecule has 5 nitrogen and oxygen atoms in total. The molecular formula is C17H16Cl2N2O3. The van der Waals surface area contributed by atoms with E-state index in [4.69, 9.17) is 37.1 Å². The molecule has 1 aliphatic heterocycles. The Bertz CT molecular complexity index is 862. The van der Waals surface area contributed by atoms with E-state index >= 15 is 0 Å². The summed E-state index contributed by atoms with van der Waals surface area (Å²) in [4.78, 5) is 4.08. The van der Waals surface area contributed by atoms with Crippen molar-refractivity contribution in [3.05, 3.63) is 52.7 Å². The number of ether oxygens (including phenoxy) is 2. The summed E-state index contributed by atoms with van der Waals surface area (Å²) in [5.74, 6) is -0.428. The zero-order chi connectivity index (χ0) is 16.7. The number of hydrogen-bond donors (Lipinski definition) is 0. The molecule has 0 aliphatic carbocycles. The van der Waals surface area contributed by atoms with Gasteiger partial charge in [0.25, 0.3) is 0 Å². The number of aromatic nitrogens is 2. The Morgan fingerprint density at radius 3 is 2.92 bits per heavy atom. The predicted octanol–water partition coefficient (Wildman–Crippen LogP) is 4.61. The first-order chi connectivity index (χ1) is 11.6. The van der Waals surface area contributed by atoms with Crippen LogP contribution < -0.4 is 0 Å². The molecule has 0 saturated carbocycles. The van der Waals surface area contributed by atoms with Crippen LogP contribution >= 0.6 is 23.2 Å². The lowest BCUT2D eigenvalue weighted by Gasteiger charge is -2.26. The lowest BCUT2D eigenvalue weighted by Crippen LogP contribution is -2.32. The van der Waals surface area contributed by atoms with Crippen molar-refractivity contribution in [3.63, 3.8) is 0 Å². The van der Waals surface area contributed by atoms with Crippen molar-refractivity contribution >= 4 is 34.2 Å². The number of imidazole rings is 1. The van der Waals surface area contributed by atoms with Crippen molar-refractivity contribution < 1.29 is 13.9 Å². The highest BCUT2D eigenvalue weighted by atomic mass is 35.5. The van der Waals surface area contributed by atoms with Crippen molar-refractivity contribution in [2.24, 2.45) is 0 Å². The minimum absolute atomic E-state index is 0.0146. The van der Waals surface area contributed by atoms with Gasteiger partial charge in [0.2, 0.25) is 5.79 Å². The lowest BCUT2D eigenvalue weighted by molar-refractivity contribution is -0.198. The molecule has 1 aliphatic rings. The summed E-state index contributed by atoms with van der Waals surface area (Å²) in [6.07, 6.45) is 6.18. The number of benzene rings is 1. The van der Waals surface area contributed by atoms with E-state index in [1.54, 1.807) is 18.6 Å². The van der Waals surface area contributed by atoms with Crippen molar-refractivity contribution in [1.29, 1.82) is 0 Å². The molecule has 0 radical (unpaired) electrons. The molecule has 0 spiro atoms. The van der Waals surface area contributed by atoms with Gasteiger partial charge in [-0.05, 0) is 24.6 Å². The molecule has 1 fully saturated rings. The highest BCUT2D eigenvalue weighted by Gasteiger charge is 2.46. The van der Waals surface area contributed by atoms with Crippen LogP contribution in [0.25, 0.3) is 11.0 Å². The molecule has 4 rings (SSSR count). The van der Waals surface area contributed by atoms with Crippen molar-refractivity contribution in [2.45, 2.75) is 31.8 Å². The van der Waals surface area contributed by atoms with E-state index in [0.29, 0.717) is 34.5 Å². The first-order valence-electron chi connectivity index (χ1n) is 7.76. The average Bonchev–Trinajstić information content (AvgIpc) is 3.26. The Morgan fingerprint density at radius 1 is 1.33 bits per heavy atom. The number of rotatable bonds is 4. The largest absolute Gasteiger partial charge is 0.454 e. The number of hydrogen-bond acceptors (Lipinski definition) is 4. The van der Waals surface area contributed by atoms with E-state index in [9.17, 15) is 0 Å². The van der Waals surface area contributed by atoms with Crippen LogP contribution in [0, 0.1) is 0 Å². The van der Waals surface area contributed by atoms with Gasteiger partial charge < -0.3 is 18.5 Å². The lowest BCUT2D eigenvalue weighted by atomic mass is 10.1. The monoisotopic (exact) mass is 366 g/mol. The van der Waals surface area contributed by atoms with Crippen LogP contribution in [0.1, 0.15) is 19.1 Å².